The number of nitrogens with zero attached hydrogens (tertiary/aromatic N) is 2. The number of ether oxygens (including phenoxy) is 1. The minimum atomic E-state index is -3.60. The summed E-state index contributed by atoms with van der Waals surface area (Å²) < 4.78 is 45.9. The summed E-state index contributed by atoms with van der Waals surface area (Å²) in [4.78, 5) is 2.46. The van der Waals surface area contributed by atoms with Gasteiger partial charge in [0.2, 0.25) is 10.0 Å². The van der Waals surface area contributed by atoms with Crippen LogP contribution in [-0.2, 0) is 10.0 Å². The average Bonchev–Trinajstić information content (AvgIpc) is 3.19. The minimum Gasteiger partial charge on any atom is -0.497 e. The zero-order valence-corrected chi connectivity index (χ0v) is 16.2. The maximum Gasteiger partial charge on any atom is 0.243 e. The maximum absolute atomic E-state index is 13.2. The van der Waals surface area contributed by atoms with Crippen molar-refractivity contribution in [1.82, 2.24) is 9.21 Å². The SMILES string of the molecule is COc1ccc([C@H]2[C@@H]3CN(S(=O)(=O)c4ccc(F)cc4)C[C@@H]3CN2C)cc1. The van der Waals surface area contributed by atoms with Crippen molar-refractivity contribution in [3.63, 3.8) is 0 Å². The van der Waals surface area contributed by atoms with Crippen molar-refractivity contribution >= 4 is 10.0 Å². The minimum absolute atomic E-state index is 0.151. The van der Waals surface area contributed by atoms with E-state index in [2.05, 4.69) is 24.1 Å². The molecule has 27 heavy (non-hydrogen) atoms. The molecule has 2 aliphatic rings. The molecule has 2 heterocycles. The molecule has 0 amide bonds. The Hall–Kier alpha value is -1.96. The lowest BCUT2D eigenvalue weighted by molar-refractivity contribution is 0.261. The van der Waals surface area contributed by atoms with Crippen LogP contribution in [0.25, 0.3) is 0 Å². The number of halogens is 1. The zero-order chi connectivity index (χ0) is 19.2. The summed E-state index contributed by atoms with van der Waals surface area (Å²) in [6, 6.07) is 13.2. The fourth-order valence-corrected chi connectivity index (χ4v) is 6.01. The number of fused-ring (bicyclic) bond motifs is 1. The number of likely N-dealkylation sites (tertiary alicyclic amines) is 1. The first-order chi connectivity index (χ1) is 12.9. The summed E-state index contributed by atoms with van der Waals surface area (Å²) in [5.74, 6) is 0.896. The van der Waals surface area contributed by atoms with E-state index in [1.165, 1.54) is 29.8 Å². The average molecular weight is 390 g/mol. The first kappa shape index (κ1) is 18.4. The summed E-state index contributed by atoms with van der Waals surface area (Å²) in [6.45, 7) is 1.84. The molecule has 2 saturated heterocycles. The van der Waals surface area contributed by atoms with E-state index in [-0.39, 0.29) is 22.8 Å². The molecule has 0 spiro atoms. The van der Waals surface area contributed by atoms with E-state index in [4.69, 9.17) is 4.74 Å². The van der Waals surface area contributed by atoms with Gasteiger partial charge in [-0.1, -0.05) is 12.1 Å². The van der Waals surface area contributed by atoms with Gasteiger partial charge in [-0.05, 0) is 60.8 Å². The molecule has 144 valence electrons. The quantitative estimate of drug-likeness (QED) is 0.806. The third kappa shape index (κ3) is 3.24. The van der Waals surface area contributed by atoms with Crippen LogP contribution >= 0.6 is 0 Å². The van der Waals surface area contributed by atoms with E-state index >= 15 is 0 Å². The van der Waals surface area contributed by atoms with Crippen LogP contribution in [0.4, 0.5) is 4.39 Å². The van der Waals surface area contributed by atoms with Crippen LogP contribution < -0.4 is 4.74 Å². The van der Waals surface area contributed by atoms with Gasteiger partial charge in [0.05, 0.1) is 12.0 Å². The molecule has 0 N–H and O–H groups in total. The van der Waals surface area contributed by atoms with Crippen molar-refractivity contribution in [2.24, 2.45) is 11.8 Å². The molecule has 2 fully saturated rings. The molecule has 0 unspecified atom stereocenters. The van der Waals surface area contributed by atoms with Crippen LogP contribution in [0.15, 0.2) is 53.4 Å². The Bertz CT molecular complexity index is 915. The first-order valence-electron chi connectivity index (χ1n) is 9.00. The van der Waals surface area contributed by atoms with Gasteiger partial charge in [-0.2, -0.15) is 4.31 Å². The molecule has 4 rings (SSSR count). The van der Waals surface area contributed by atoms with Gasteiger partial charge in [-0.15, -0.1) is 0 Å². The van der Waals surface area contributed by atoms with Crippen LogP contribution in [0.1, 0.15) is 11.6 Å². The molecule has 2 aromatic rings. The number of benzene rings is 2. The molecule has 2 aromatic carbocycles. The molecule has 0 radical (unpaired) electrons. The van der Waals surface area contributed by atoms with Crippen LogP contribution in [0.5, 0.6) is 5.75 Å². The van der Waals surface area contributed by atoms with Gasteiger partial charge >= 0.3 is 0 Å². The van der Waals surface area contributed by atoms with Gasteiger partial charge in [0.25, 0.3) is 0 Å². The van der Waals surface area contributed by atoms with E-state index < -0.39 is 15.8 Å². The van der Waals surface area contributed by atoms with E-state index in [0.717, 1.165) is 12.3 Å². The molecule has 0 aromatic heterocycles. The predicted molar refractivity (Wildman–Crippen MR) is 101 cm³/mol. The fraction of sp³-hybridized carbons (Fsp3) is 0.400. The third-order valence-corrected chi connectivity index (χ3v) is 7.62. The lowest BCUT2D eigenvalue weighted by atomic mass is 9.89. The first-order valence-corrected chi connectivity index (χ1v) is 10.4. The van der Waals surface area contributed by atoms with Gasteiger partial charge in [-0.25, -0.2) is 12.8 Å². The normalized spacial score (nSPS) is 26.3. The Morgan fingerprint density at radius 2 is 1.67 bits per heavy atom. The van der Waals surface area contributed by atoms with E-state index in [1.807, 2.05) is 12.1 Å². The van der Waals surface area contributed by atoms with E-state index in [1.54, 1.807) is 11.4 Å². The predicted octanol–water partition coefficient (Wildman–Crippen LogP) is 2.76. The smallest absolute Gasteiger partial charge is 0.243 e. The zero-order valence-electron chi connectivity index (χ0n) is 15.4. The van der Waals surface area contributed by atoms with Crippen molar-refractivity contribution in [3.8, 4) is 5.75 Å². The highest BCUT2D eigenvalue weighted by molar-refractivity contribution is 7.89. The molecular weight excluding hydrogens is 367 g/mol. The molecular formula is C20H23FN2O3S. The van der Waals surface area contributed by atoms with Crippen molar-refractivity contribution in [1.29, 1.82) is 0 Å². The maximum atomic E-state index is 13.2. The van der Waals surface area contributed by atoms with E-state index in [0.29, 0.717) is 13.1 Å². The van der Waals surface area contributed by atoms with Gasteiger partial charge in [0.15, 0.2) is 0 Å². The number of methoxy groups -OCH3 is 1. The van der Waals surface area contributed by atoms with Gasteiger partial charge in [0.1, 0.15) is 11.6 Å². The largest absolute Gasteiger partial charge is 0.497 e. The molecule has 0 aliphatic carbocycles. The summed E-state index contributed by atoms with van der Waals surface area (Å²) in [5, 5.41) is 0. The summed E-state index contributed by atoms with van der Waals surface area (Å²) in [6.07, 6.45) is 0. The fourth-order valence-electron chi connectivity index (χ4n) is 4.47. The monoisotopic (exact) mass is 390 g/mol. The highest BCUT2D eigenvalue weighted by Gasteiger charge is 2.49. The van der Waals surface area contributed by atoms with Gasteiger partial charge in [0, 0.05) is 25.7 Å². The van der Waals surface area contributed by atoms with Crippen LogP contribution in [0, 0.1) is 17.7 Å². The van der Waals surface area contributed by atoms with Gasteiger partial charge in [-0.3, -0.25) is 4.90 Å². The Kier molecular flexibility index (Phi) is 4.70. The third-order valence-electron chi connectivity index (χ3n) is 5.77. The number of hydrogen-bond acceptors (Lipinski definition) is 4. The van der Waals surface area contributed by atoms with Gasteiger partial charge < -0.3 is 4.74 Å². The number of rotatable bonds is 4. The second-order valence-corrected chi connectivity index (χ2v) is 9.30. The number of sulfonamides is 1. The lowest BCUT2D eigenvalue weighted by Crippen LogP contribution is -2.33. The number of hydrogen-bond donors (Lipinski definition) is 0. The molecule has 5 nitrogen and oxygen atoms in total. The Morgan fingerprint density at radius 3 is 2.30 bits per heavy atom. The van der Waals surface area contributed by atoms with E-state index in [9.17, 15) is 12.8 Å². The molecule has 3 atom stereocenters. The van der Waals surface area contributed by atoms with Crippen molar-refractivity contribution in [2.45, 2.75) is 10.9 Å². The highest BCUT2D eigenvalue weighted by Crippen LogP contribution is 2.45. The summed E-state index contributed by atoms with van der Waals surface area (Å²) >= 11 is 0. The molecule has 0 saturated carbocycles. The Morgan fingerprint density at radius 1 is 1.00 bits per heavy atom. The standard InChI is InChI=1S/C20H23FN2O3S/c1-22-11-15-12-23(27(24,25)18-9-5-16(21)6-10-18)13-19(15)20(22)14-3-7-17(26-2)8-4-14/h3-10,15,19-20H,11-13H2,1-2H3/t15-,19+,20-/m0/s1. The molecule has 2 aliphatic heterocycles. The lowest BCUT2D eigenvalue weighted by Gasteiger charge is -2.26. The second kappa shape index (κ2) is 6.89. The summed E-state index contributed by atoms with van der Waals surface area (Å²) in [5.41, 5.74) is 1.17. The Labute approximate surface area is 159 Å². The Balaban J connectivity index is 1.58. The van der Waals surface area contributed by atoms with Crippen LogP contribution in [-0.4, -0.2) is 51.4 Å². The van der Waals surface area contributed by atoms with Crippen molar-refractivity contribution in [2.75, 3.05) is 33.8 Å². The topological polar surface area (TPSA) is 49.9 Å². The highest BCUT2D eigenvalue weighted by atomic mass is 32.2. The van der Waals surface area contributed by atoms with Crippen molar-refractivity contribution < 1.29 is 17.5 Å². The molecule has 7 heteroatoms. The van der Waals surface area contributed by atoms with Crippen LogP contribution in [0.3, 0.4) is 0 Å². The summed E-state index contributed by atoms with van der Waals surface area (Å²) in [7, 11) is 0.127. The van der Waals surface area contributed by atoms with Crippen LogP contribution in [0.2, 0.25) is 0 Å². The molecule has 0 bridgehead atoms. The van der Waals surface area contributed by atoms with Crippen molar-refractivity contribution in [3.05, 3.63) is 59.9 Å². The second-order valence-electron chi connectivity index (χ2n) is 7.36.